The second-order valence-corrected chi connectivity index (χ2v) is 7.17. The van der Waals surface area contributed by atoms with Crippen LogP contribution in [0.15, 0.2) is 36.4 Å². The summed E-state index contributed by atoms with van der Waals surface area (Å²) in [5, 5.41) is 6.15. The van der Waals surface area contributed by atoms with Crippen LogP contribution in [0.5, 0.6) is 5.75 Å². The van der Waals surface area contributed by atoms with Crippen molar-refractivity contribution >= 4 is 28.9 Å². The molecule has 0 aliphatic rings. The molecule has 0 fully saturated rings. The highest BCUT2D eigenvalue weighted by molar-refractivity contribution is 7.80. The topological polar surface area (TPSA) is 50.4 Å². The minimum atomic E-state index is -0.243. The van der Waals surface area contributed by atoms with Crippen molar-refractivity contribution in [1.82, 2.24) is 5.32 Å². The summed E-state index contributed by atoms with van der Waals surface area (Å²) >= 11 is 5.30. The van der Waals surface area contributed by atoms with E-state index in [-0.39, 0.29) is 11.0 Å². The van der Waals surface area contributed by atoms with Crippen LogP contribution in [0.3, 0.4) is 0 Å². The van der Waals surface area contributed by atoms with Gasteiger partial charge in [0, 0.05) is 11.3 Å². The molecule has 0 heterocycles. The Hall–Kier alpha value is -2.40. The zero-order valence-corrected chi connectivity index (χ0v) is 17.3. The molecule has 27 heavy (non-hydrogen) atoms. The quantitative estimate of drug-likeness (QED) is 0.502. The number of ether oxygens (including phenoxy) is 1. The number of nitrogens with one attached hydrogen (secondary N) is 2. The molecular weight excluding hydrogens is 356 g/mol. The summed E-state index contributed by atoms with van der Waals surface area (Å²) in [7, 11) is 0. The maximum Gasteiger partial charge on any atom is 0.257 e. The molecular formula is C22H28N2O2S. The number of unbranched alkanes of at least 4 members (excludes halogenated alkanes) is 2. The van der Waals surface area contributed by atoms with Gasteiger partial charge in [0.15, 0.2) is 5.11 Å². The standard InChI is InChI=1S/C22H28N2O2S/c1-5-6-7-12-26-19-10-8-18(9-11-19)21(25)24-22(27)23-20-16(3)13-15(2)14-17(20)4/h8-11,13-14H,5-7,12H2,1-4H3,(H2,23,24,25,27). The maximum absolute atomic E-state index is 12.4. The van der Waals surface area contributed by atoms with Gasteiger partial charge in [0.25, 0.3) is 5.91 Å². The summed E-state index contributed by atoms with van der Waals surface area (Å²) < 4.78 is 5.67. The summed E-state index contributed by atoms with van der Waals surface area (Å²) in [4.78, 5) is 12.4. The Morgan fingerprint density at radius 3 is 2.26 bits per heavy atom. The van der Waals surface area contributed by atoms with Gasteiger partial charge in [-0.25, -0.2) is 0 Å². The Morgan fingerprint density at radius 2 is 1.67 bits per heavy atom. The summed E-state index contributed by atoms with van der Waals surface area (Å²) in [6.45, 7) is 8.95. The van der Waals surface area contributed by atoms with Gasteiger partial charge in [0.1, 0.15) is 5.75 Å². The number of carbonyl (C=O) groups excluding carboxylic acids is 1. The molecule has 4 nitrogen and oxygen atoms in total. The molecule has 0 atom stereocenters. The van der Waals surface area contributed by atoms with Crippen molar-refractivity contribution in [1.29, 1.82) is 0 Å². The Labute approximate surface area is 167 Å². The number of carbonyl (C=O) groups is 1. The highest BCUT2D eigenvalue weighted by atomic mass is 32.1. The molecule has 0 radical (unpaired) electrons. The average molecular weight is 385 g/mol. The fourth-order valence-corrected chi connectivity index (χ4v) is 3.14. The Morgan fingerprint density at radius 1 is 1.04 bits per heavy atom. The molecule has 0 aromatic heterocycles. The van der Waals surface area contributed by atoms with Gasteiger partial charge in [-0.2, -0.15) is 0 Å². The summed E-state index contributed by atoms with van der Waals surface area (Å²) in [5.74, 6) is 0.529. The van der Waals surface area contributed by atoms with Gasteiger partial charge in [-0.3, -0.25) is 10.1 Å². The van der Waals surface area contributed by atoms with Crippen LogP contribution in [0, 0.1) is 20.8 Å². The van der Waals surface area contributed by atoms with E-state index in [0.717, 1.165) is 41.8 Å². The third kappa shape index (κ3) is 6.36. The first-order valence-electron chi connectivity index (χ1n) is 9.33. The van der Waals surface area contributed by atoms with Crippen LogP contribution in [-0.4, -0.2) is 17.6 Å². The van der Waals surface area contributed by atoms with E-state index in [9.17, 15) is 4.79 Å². The summed E-state index contributed by atoms with van der Waals surface area (Å²) in [6, 6.07) is 11.3. The van der Waals surface area contributed by atoms with E-state index >= 15 is 0 Å². The molecule has 0 saturated heterocycles. The van der Waals surface area contributed by atoms with Crippen molar-refractivity contribution in [3.05, 3.63) is 58.7 Å². The Balaban J connectivity index is 1.92. The van der Waals surface area contributed by atoms with Gasteiger partial charge >= 0.3 is 0 Å². The van der Waals surface area contributed by atoms with Crippen molar-refractivity contribution in [2.24, 2.45) is 0 Å². The number of aryl methyl sites for hydroxylation is 3. The van der Waals surface area contributed by atoms with Crippen LogP contribution < -0.4 is 15.4 Å². The third-order valence-corrected chi connectivity index (χ3v) is 4.48. The number of rotatable bonds is 7. The largest absolute Gasteiger partial charge is 0.494 e. The van der Waals surface area contributed by atoms with Crippen molar-refractivity contribution < 1.29 is 9.53 Å². The zero-order chi connectivity index (χ0) is 19.8. The molecule has 2 aromatic rings. The fourth-order valence-electron chi connectivity index (χ4n) is 2.94. The SMILES string of the molecule is CCCCCOc1ccc(C(=O)NC(=S)Nc2c(C)cc(C)cc2C)cc1. The van der Waals surface area contributed by atoms with Gasteiger partial charge in [0.05, 0.1) is 6.61 Å². The summed E-state index contributed by atoms with van der Waals surface area (Å²) in [6.07, 6.45) is 3.36. The van der Waals surface area contributed by atoms with Crippen molar-refractivity contribution in [3.63, 3.8) is 0 Å². The van der Waals surface area contributed by atoms with Crippen molar-refractivity contribution in [2.75, 3.05) is 11.9 Å². The van der Waals surface area contributed by atoms with E-state index in [4.69, 9.17) is 17.0 Å². The second-order valence-electron chi connectivity index (χ2n) is 6.76. The third-order valence-electron chi connectivity index (χ3n) is 4.28. The van der Waals surface area contributed by atoms with Crippen LogP contribution in [0.4, 0.5) is 5.69 Å². The van der Waals surface area contributed by atoms with Crippen LogP contribution in [-0.2, 0) is 0 Å². The first-order chi connectivity index (χ1) is 12.9. The lowest BCUT2D eigenvalue weighted by Gasteiger charge is -2.15. The molecule has 2 rings (SSSR count). The molecule has 5 heteroatoms. The van der Waals surface area contributed by atoms with Gasteiger partial charge in [0.2, 0.25) is 0 Å². The molecule has 0 saturated carbocycles. The van der Waals surface area contributed by atoms with Gasteiger partial charge in [-0.15, -0.1) is 0 Å². The molecule has 0 aliphatic heterocycles. The van der Waals surface area contributed by atoms with E-state index in [1.54, 1.807) is 12.1 Å². The van der Waals surface area contributed by atoms with E-state index in [0.29, 0.717) is 12.2 Å². The average Bonchev–Trinajstić information content (AvgIpc) is 2.62. The molecule has 2 aromatic carbocycles. The molecule has 2 N–H and O–H groups in total. The monoisotopic (exact) mass is 384 g/mol. The van der Waals surface area contributed by atoms with Crippen LogP contribution >= 0.6 is 12.2 Å². The lowest BCUT2D eigenvalue weighted by molar-refractivity contribution is 0.0977. The summed E-state index contributed by atoms with van der Waals surface area (Å²) in [5.41, 5.74) is 4.85. The van der Waals surface area contributed by atoms with Crippen molar-refractivity contribution in [2.45, 2.75) is 47.0 Å². The van der Waals surface area contributed by atoms with Crippen molar-refractivity contribution in [3.8, 4) is 5.75 Å². The number of anilines is 1. The van der Waals surface area contributed by atoms with Gasteiger partial charge < -0.3 is 10.1 Å². The zero-order valence-electron chi connectivity index (χ0n) is 16.5. The first kappa shape index (κ1) is 20.9. The smallest absolute Gasteiger partial charge is 0.257 e. The van der Waals surface area contributed by atoms with E-state index in [1.807, 2.05) is 26.0 Å². The number of hydrogen-bond acceptors (Lipinski definition) is 3. The maximum atomic E-state index is 12.4. The number of amides is 1. The first-order valence-corrected chi connectivity index (χ1v) is 9.74. The Kier molecular flexibility index (Phi) is 7.80. The molecule has 0 unspecified atom stereocenters. The molecule has 144 valence electrons. The lowest BCUT2D eigenvalue weighted by Crippen LogP contribution is -2.34. The minimum absolute atomic E-state index is 0.243. The molecule has 0 bridgehead atoms. The van der Waals surface area contributed by atoms with Crippen LogP contribution in [0.2, 0.25) is 0 Å². The van der Waals surface area contributed by atoms with E-state index in [2.05, 4.69) is 36.6 Å². The highest BCUT2D eigenvalue weighted by Crippen LogP contribution is 2.21. The lowest BCUT2D eigenvalue weighted by atomic mass is 10.1. The second kappa shape index (κ2) is 10.1. The van der Waals surface area contributed by atoms with E-state index < -0.39 is 0 Å². The number of benzene rings is 2. The molecule has 0 spiro atoms. The minimum Gasteiger partial charge on any atom is -0.494 e. The van der Waals surface area contributed by atoms with Gasteiger partial charge in [-0.05, 0) is 74.8 Å². The molecule has 0 aliphatic carbocycles. The molecule has 1 amide bonds. The number of thiocarbonyl (C=S) groups is 1. The van der Waals surface area contributed by atoms with Crippen LogP contribution in [0.1, 0.15) is 53.2 Å². The van der Waals surface area contributed by atoms with E-state index in [1.165, 1.54) is 5.56 Å². The Bertz CT molecular complexity index is 777. The predicted octanol–water partition coefficient (Wildman–Crippen LogP) is 5.31. The van der Waals surface area contributed by atoms with Gasteiger partial charge in [-0.1, -0.05) is 37.5 Å². The number of hydrogen-bond donors (Lipinski definition) is 2. The highest BCUT2D eigenvalue weighted by Gasteiger charge is 2.10. The fraction of sp³-hybridized carbons (Fsp3) is 0.364. The predicted molar refractivity (Wildman–Crippen MR) is 116 cm³/mol. The van der Waals surface area contributed by atoms with Crippen LogP contribution in [0.25, 0.3) is 0 Å². The normalized spacial score (nSPS) is 10.4.